The summed E-state index contributed by atoms with van der Waals surface area (Å²) in [4.78, 5) is 27.7. The molecule has 1 atom stereocenters. The van der Waals surface area contributed by atoms with Gasteiger partial charge in [0.25, 0.3) is 5.91 Å². The maximum atomic E-state index is 12.8. The molecule has 1 saturated heterocycles. The third-order valence-corrected chi connectivity index (χ3v) is 4.97. The van der Waals surface area contributed by atoms with Gasteiger partial charge in [-0.3, -0.25) is 14.8 Å². The number of carbonyl (C=O) groups is 1. The highest BCUT2D eigenvalue weighted by Crippen LogP contribution is 2.24. The number of aryl methyl sites for hydroxylation is 2. The molecule has 6 heteroatoms. The van der Waals surface area contributed by atoms with Crippen molar-refractivity contribution in [2.75, 3.05) is 19.7 Å². The third-order valence-electron chi connectivity index (χ3n) is 4.97. The highest BCUT2D eigenvalue weighted by molar-refractivity contribution is 5.92. The number of aromatic nitrogens is 3. The van der Waals surface area contributed by atoms with Crippen LogP contribution in [0.3, 0.4) is 0 Å². The van der Waals surface area contributed by atoms with Crippen LogP contribution < -0.4 is 0 Å². The molecule has 0 N–H and O–H groups in total. The average Bonchev–Trinajstić information content (AvgIpc) is 2.74. The van der Waals surface area contributed by atoms with E-state index in [-0.39, 0.29) is 12.0 Å². The molecule has 0 saturated carbocycles. The molecule has 1 aromatic carbocycles. The van der Waals surface area contributed by atoms with Gasteiger partial charge in [-0.2, -0.15) is 0 Å². The molecule has 3 aromatic rings. The Hall–Kier alpha value is -3.12. The zero-order valence-electron chi connectivity index (χ0n) is 16.7. The van der Waals surface area contributed by atoms with E-state index in [4.69, 9.17) is 4.74 Å². The molecule has 2 aromatic heterocycles. The van der Waals surface area contributed by atoms with Crippen molar-refractivity contribution in [3.8, 4) is 0 Å². The molecule has 1 fully saturated rings. The molecule has 148 valence electrons. The number of benzene rings is 1. The summed E-state index contributed by atoms with van der Waals surface area (Å²) in [5.41, 5.74) is 5.40. The van der Waals surface area contributed by atoms with E-state index in [2.05, 4.69) is 39.2 Å². The van der Waals surface area contributed by atoms with Crippen molar-refractivity contribution in [3.63, 3.8) is 0 Å². The van der Waals surface area contributed by atoms with Gasteiger partial charge in [-0.15, -0.1) is 0 Å². The van der Waals surface area contributed by atoms with Gasteiger partial charge in [0.1, 0.15) is 11.8 Å². The molecule has 0 radical (unpaired) electrons. The number of nitrogens with zero attached hydrogens (tertiary/aromatic N) is 4. The molecule has 3 heterocycles. The van der Waals surface area contributed by atoms with E-state index in [1.54, 1.807) is 11.1 Å². The number of hydrogen-bond donors (Lipinski definition) is 0. The molecule has 4 rings (SSSR count). The second kappa shape index (κ2) is 8.49. The number of amides is 1. The Morgan fingerprint density at radius 3 is 2.66 bits per heavy atom. The van der Waals surface area contributed by atoms with E-state index in [0.29, 0.717) is 25.4 Å². The lowest BCUT2D eigenvalue weighted by Gasteiger charge is -2.32. The summed E-state index contributed by atoms with van der Waals surface area (Å²) in [6.07, 6.45) is 3.74. The van der Waals surface area contributed by atoms with Crippen molar-refractivity contribution in [3.05, 3.63) is 88.8 Å². The summed E-state index contributed by atoms with van der Waals surface area (Å²) < 4.78 is 5.97. The van der Waals surface area contributed by atoms with Crippen molar-refractivity contribution < 1.29 is 9.53 Å². The second-order valence-electron chi connectivity index (χ2n) is 7.36. The SMILES string of the molecule is Cc1cnc(C(=O)N2CCO[C@@H](c3cc(Cc4ccccc4)cc(C)n3)C2)cn1. The van der Waals surface area contributed by atoms with Gasteiger partial charge in [-0.1, -0.05) is 30.3 Å². The normalized spacial score (nSPS) is 16.6. The van der Waals surface area contributed by atoms with Crippen molar-refractivity contribution in [1.29, 1.82) is 0 Å². The van der Waals surface area contributed by atoms with Gasteiger partial charge < -0.3 is 9.64 Å². The molecule has 0 aliphatic carbocycles. The maximum Gasteiger partial charge on any atom is 0.274 e. The fourth-order valence-electron chi connectivity index (χ4n) is 3.54. The zero-order valence-corrected chi connectivity index (χ0v) is 16.7. The predicted octanol–water partition coefficient (Wildman–Crippen LogP) is 3.29. The fourth-order valence-corrected chi connectivity index (χ4v) is 3.54. The highest BCUT2D eigenvalue weighted by atomic mass is 16.5. The first-order valence-electron chi connectivity index (χ1n) is 9.79. The van der Waals surface area contributed by atoms with Gasteiger partial charge in [0.15, 0.2) is 0 Å². The van der Waals surface area contributed by atoms with E-state index >= 15 is 0 Å². The molecule has 0 bridgehead atoms. The molecule has 0 unspecified atom stereocenters. The molecule has 6 nitrogen and oxygen atoms in total. The van der Waals surface area contributed by atoms with Crippen LogP contribution in [0.4, 0.5) is 0 Å². The van der Waals surface area contributed by atoms with Crippen molar-refractivity contribution in [2.24, 2.45) is 0 Å². The van der Waals surface area contributed by atoms with E-state index in [0.717, 1.165) is 23.5 Å². The van der Waals surface area contributed by atoms with Crippen LogP contribution in [0, 0.1) is 13.8 Å². The van der Waals surface area contributed by atoms with Gasteiger partial charge in [0.05, 0.1) is 30.7 Å². The summed E-state index contributed by atoms with van der Waals surface area (Å²) in [6, 6.07) is 14.5. The first-order chi connectivity index (χ1) is 14.1. The monoisotopic (exact) mass is 388 g/mol. The van der Waals surface area contributed by atoms with E-state index < -0.39 is 0 Å². The lowest BCUT2D eigenvalue weighted by molar-refractivity contribution is -0.0250. The Morgan fingerprint density at radius 1 is 1.07 bits per heavy atom. The van der Waals surface area contributed by atoms with Crippen LogP contribution in [-0.4, -0.2) is 45.5 Å². The van der Waals surface area contributed by atoms with Gasteiger partial charge in [0.2, 0.25) is 0 Å². The number of carbonyl (C=O) groups excluding carboxylic acids is 1. The van der Waals surface area contributed by atoms with Crippen molar-refractivity contribution in [2.45, 2.75) is 26.4 Å². The largest absolute Gasteiger partial charge is 0.368 e. The Kier molecular flexibility index (Phi) is 5.62. The minimum Gasteiger partial charge on any atom is -0.368 e. The van der Waals surface area contributed by atoms with Crippen LogP contribution >= 0.6 is 0 Å². The summed E-state index contributed by atoms with van der Waals surface area (Å²) in [7, 11) is 0. The van der Waals surface area contributed by atoms with Gasteiger partial charge >= 0.3 is 0 Å². The van der Waals surface area contributed by atoms with Gasteiger partial charge in [-0.05, 0) is 43.5 Å². The maximum absolute atomic E-state index is 12.8. The van der Waals surface area contributed by atoms with Gasteiger partial charge in [-0.25, -0.2) is 4.98 Å². The Bertz CT molecular complexity index is 990. The molecule has 1 amide bonds. The number of rotatable bonds is 4. The van der Waals surface area contributed by atoms with Crippen molar-refractivity contribution in [1.82, 2.24) is 19.9 Å². The molecule has 29 heavy (non-hydrogen) atoms. The minimum atomic E-state index is -0.250. The molecule has 1 aliphatic heterocycles. The lowest BCUT2D eigenvalue weighted by atomic mass is 10.0. The van der Waals surface area contributed by atoms with Crippen LogP contribution in [-0.2, 0) is 11.2 Å². The summed E-state index contributed by atoms with van der Waals surface area (Å²) in [5, 5.41) is 0. The number of hydrogen-bond acceptors (Lipinski definition) is 5. The number of ether oxygens (including phenoxy) is 1. The Morgan fingerprint density at radius 2 is 1.90 bits per heavy atom. The third kappa shape index (κ3) is 4.66. The Labute approximate surface area is 170 Å². The minimum absolute atomic E-state index is 0.122. The zero-order chi connectivity index (χ0) is 20.2. The van der Waals surface area contributed by atoms with E-state index in [9.17, 15) is 4.79 Å². The lowest BCUT2D eigenvalue weighted by Crippen LogP contribution is -2.42. The molecule has 1 aliphatic rings. The van der Waals surface area contributed by atoms with Crippen LogP contribution in [0.2, 0.25) is 0 Å². The first kappa shape index (κ1) is 19.2. The topological polar surface area (TPSA) is 68.2 Å². The van der Waals surface area contributed by atoms with Crippen LogP contribution in [0.25, 0.3) is 0 Å². The summed E-state index contributed by atoms with van der Waals surface area (Å²) in [5.74, 6) is -0.122. The quantitative estimate of drug-likeness (QED) is 0.686. The van der Waals surface area contributed by atoms with Crippen LogP contribution in [0.1, 0.15) is 44.8 Å². The van der Waals surface area contributed by atoms with E-state index in [1.807, 2.05) is 32.0 Å². The fraction of sp³-hybridized carbons (Fsp3) is 0.304. The average molecular weight is 388 g/mol. The smallest absolute Gasteiger partial charge is 0.274 e. The second-order valence-corrected chi connectivity index (χ2v) is 7.36. The number of pyridine rings is 1. The van der Waals surface area contributed by atoms with Gasteiger partial charge in [0, 0.05) is 18.4 Å². The Balaban J connectivity index is 1.52. The summed E-state index contributed by atoms with van der Waals surface area (Å²) >= 11 is 0. The summed E-state index contributed by atoms with van der Waals surface area (Å²) in [6.45, 7) is 5.30. The predicted molar refractivity (Wildman–Crippen MR) is 110 cm³/mol. The molecular weight excluding hydrogens is 364 g/mol. The number of morpholine rings is 1. The van der Waals surface area contributed by atoms with Crippen LogP contribution in [0.15, 0.2) is 54.9 Å². The van der Waals surface area contributed by atoms with Crippen molar-refractivity contribution >= 4 is 5.91 Å². The van der Waals surface area contributed by atoms with E-state index in [1.165, 1.54) is 17.3 Å². The standard InChI is InChI=1S/C23H24N4O2/c1-16-10-19(11-18-6-4-3-5-7-18)12-20(26-16)22-15-27(8-9-29-22)23(28)21-14-24-17(2)13-25-21/h3-7,10,12-14,22H,8-9,11,15H2,1-2H3/t22-/m1/s1. The first-order valence-corrected chi connectivity index (χ1v) is 9.79. The molecule has 0 spiro atoms. The molecular formula is C23H24N4O2. The van der Waals surface area contributed by atoms with Crippen LogP contribution in [0.5, 0.6) is 0 Å². The highest BCUT2D eigenvalue weighted by Gasteiger charge is 2.28.